The molecule has 0 saturated heterocycles. The van der Waals surface area contributed by atoms with Crippen molar-refractivity contribution in [2.75, 3.05) is 22.4 Å². The van der Waals surface area contributed by atoms with E-state index >= 15 is 0 Å². The summed E-state index contributed by atoms with van der Waals surface area (Å²) in [5.41, 5.74) is 2.84. The number of ether oxygens (including phenoxy) is 1. The fraction of sp³-hybridized carbons (Fsp3) is 0.409. The third-order valence-electron chi connectivity index (χ3n) is 5.06. The Morgan fingerprint density at radius 3 is 2.38 bits per heavy atom. The molecule has 0 atom stereocenters. The molecule has 0 unspecified atom stereocenters. The van der Waals surface area contributed by atoms with Gasteiger partial charge in [0.05, 0.1) is 18.0 Å². The first kappa shape index (κ1) is 21.2. The van der Waals surface area contributed by atoms with Crippen molar-refractivity contribution < 1.29 is 17.9 Å². The second kappa shape index (κ2) is 8.86. The maximum atomic E-state index is 12.6. The molecule has 0 heterocycles. The number of anilines is 2. The van der Waals surface area contributed by atoms with Crippen LogP contribution in [0.5, 0.6) is 5.75 Å². The number of benzene rings is 2. The first-order valence-corrected chi connectivity index (χ1v) is 11.7. The molecule has 3 rings (SSSR count). The summed E-state index contributed by atoms with van der Waals surface area (Å²) in [6.07, 6.45) is 5.95. The van der Waals surface area contributed by atoms with Crippen molar-refractivity contribution in [3.05, 3.63) is 53.6 Å². The lowest BCUT2D eigenvalue weighted by Gasteiger charge is -2.24. The van der Waals surface area contributed by atoms with Crippen molar-refractivity contribution >= 4 is 27.3 Å². The normalized spacial score (nSPS) is 14.6. The number of amides is 1. The summed E-state index contributed by atoms with van der Waals surface area (Å²) in [6.45, 7) is 3.43. The summed E-state index contributed by atoms with van der Waals surface area (Å²) in [7, 11) is -3.61. The molecule has 29 heavy (non-hydrogen) atoms. The van der Waals surface area contributed by atoms with E-state index in [9.17, 15) is 13.2 Å². The van der Waals surface area contributed by atoms with E-state index in [4.69, 9.17) is 4.74 Å². The van der Waals surface area contributed by atoms with Crippen molar-refractivity contribution in [2.45, 2.75) is 45.6 Å². The molecule has 0 spiro atoms. The van der Waals surface area contributed by atoms with Crippen molar-refractivity contribution in [3.8, 4) is 5.75 Å². The number of nitrogens with zero attached hydrogens (tertiary/aromatic N) is 1. The number of hydrogen-bond acceptors (Lipinski definition) is 4. The molecule has 7 heteroatoms. The number of carbonyl (C=O) groups excluding carboxylic acids is 1. The van der Waals surface area contributed by atoms with E-state index in [1.54, 1.807) is 18.2 Å². The molecule has 0 radical (unpaired) electrons. The Kier molecular flexibility index (Phi) is 6.47. The molecule has 6 nitrogen and oxygen atoms in total. The molecule has 1 aliphatic rings. The number of rotatable bonds is 7. The summed E-state index contributed by atoms with van der Waals surface area (Å²) < 4.78 is 31.7. The van der Waals surface area contributed by atoms with E-state index in [0.29, 0.717) is 11.4 Å². The highest BCUT2D eigenvalue weighted by molar-refractivity contribution is 7.92. The van der Waals surface area contributed by atoms with Gasteiger partial charge < -0.3 is 10.1 Å². The van der Waals surface area contributed by atoms with Crippen LogP contribution in [0.4, 0.5) is 11.4 Å². The zero-order valence-electron chi connectivity index (χ0n) is 17.1. The summed E-state index contributed by atoms with van der Waals surface area (Å²) in [5, 5.41) is 2.77. The number of sulfonamides is 1. The maximum Gasteiger partial charge on any atom is 0.245 e. The summed E-state index contributed by atoms with van der Waals surface area (Å²) in [4.78, 5) is 12.6. The van der Waals surface area contributed by atoms with Gasteiger partial charge in [-0.05, 0) is 81.0 Å². The van der Waals surface area contributed by atoms with Crippen molar-refractivity contribution in [2.24, 2.45) is 0 Å². The van der Waals surface area contributed by atoms with Gasteiger partial charge in [0.25, 0.3) is 0 Å². The average molecular weight is 417 g/mol. The Bertz CT molecular complexity index is 965. The highest BCUT2D eigenvalue weighted by Crippen LogP contribution is 2.26. The van der Waals surface area contributed by atoms with Gasteiger partial charge in [-0.15, -0.1) is 0 Å². The minimum atomic E-state index is -3.61. The smallest absolute Gasteiger partial charge is 0.245 e. The molecular formula is C22H28N2O4S. The van der Waals surface area contributed by atoms with Crippen LogP contribution in [-0.2, 0) is 14.8 Å². The minimum Gasteiger partial charge on any atom is -0.490 e. The van der Waals surface area contributed by atoms with Gasteiger partial charge in [0.1, 0.15) is 12.3 Å². The van der Waals surface area contributed by atoms with E-state index in [0.717, 1.165) is 40.3 Å². The third kappa shape index (κ3) is 5.73. The zero-order chi connectivity index (χ0) is 21.0. The predicted octanol–water partition coefficient (Wildman–Crippen LogP) is 4.03. The average Bonchev–Trinajstić information content (AvgIpc) is 3.16. The van der Waals surface area contributed by atoms with Gasteiger partial charge in [-0.2, -0.15) is 0 Å². The largest absolute Gasteiger partial charge is 0.490 e. The van der Waals surface area contributed by atoms with E-state index in [-0.39, 0.29) is 12.6 Å². The first-order chi connectivity index (χ1) is 13.7. The molecule has 156 valence electrons. The van der Waals surface area contributed by atoms with E-state index in [2.05, 4.69) is 5.32 Å². The van der Waals surface area contributed by atoms with E-state index in [1.165, 1.54) is 12.8 Å². The first-order valence-electron chi connectivity index (χ1n) is 9.84. The van der Waals surface area contributed by atoms with Crippen LogP contribution >= 0.6 is 0 Å². The maximum absolute atomic E-state index is 12.6. The fourth-order valence-electron chi connectivity index (χ4n) is 3.52. The van der Waals surface area contributed by atoms with Crippen LogP contribution in [0.3, 0.4) is 0 Å². The predicted molar refractivity (Wildman–Crippen MR) is 116 cm³/mol. The number of aryl methyl sites for hydroxylation is 2. The topological polar surface area (TPSA) is 75.7 Å². The van der Waals surface area contributed by atoms with Gasteiger partial charge in [0.15, 0.2) is 0 Å². The van der Waals surface area contributed by atoms with E-state index < -0.39 is 15.9 Å². The van der Waals surface area contributed by atoms with Crippen LogP contribution in [0, 0.1) is 13.8 Å². The molecule has 1 saturated carbocycles. The molecule has 1 N–H and O–H groups in total. The quantitative estimate of drug-likeness (QED) is 0.739. The Morgan fingerprint density at radius 1 is 1.10 bits per heavy atom. The summed E-state index contributed by atoms with van der Waals surface area (Å²) >= 11 is 0. The molecular weight excluding hydrogens is 388 g/mol. The van der Waals surface area contributed by atoms with Gasteiger partial charge in [0, 0.05) is 5.69 Å². The van der Waals surface area contributed by atoms with Crippen LogP contribution in [0.2, 0.25) is 0 Å². The van der Waals surface area contributed by atoms with Crippen LogP contribution in [0.25, 0.3) is 0 Å². The van der Waals surface area contributed by atoms with Gasteiger partial charge >= 0.3 is 0 Å². The standard InChI is InChI=1S/C22H28N2O4S/c1-16-8-9-17(2)21(14-16)24(29(3,26)27)15-22(25)23-18-10-12-20(13-11-18)28-19-6-4-5-7-19/h8-14,19H,4-7,15H2,1-3H3,(H,23,25). The molecule has 2 aromatic rings. The number of hydrogen-bond donors (Lipinski definition) is 1. The Labute approximate surface area is 172 Å². The van der Waals surface area contributed by atoms with Crippen molar-refractivity contribution in [1.82, 2.24) is 0 Å². The van der Waals surface area contributed by atoms with Crippen LogP contribution in [0.1, 0.15) is 36.8 Å². The van der Waals surface area contributed by atoms with Crippen LogP contribution < -0.4 is 14.4 Å². The van der Waals surface area contributed by atoms with Gasteiger partial charge in [-0.3, -0.25) is 9.10 Å². The number of nitrogens with one attached hydrogen (secondary N) is 1. The van der Waals surface area contributed by atoms with E-state index in [1.807, 2.05) is 38.1 Å². The third-order valence-corrected chi connectivity index (χ3v) is 6.19. The molecule has 0 aromatic heterocycles. The fourth-order valence-corrected chi connectivity index (χ4v) is 4.42. The Hall–Kier alpha value is -2.54. The molecule has 0 aliphatic heterocycles. The molecule has 1 aliphatic carbocycles. The molecule has 2 aromatic carbocycles. The van der Waals surface area contributed by atoms with Crippen LogP contribution in [-0.4, -0.2) is 33.2 Å². The number of carbonyl (C=O) groups is 1. The lowest BCUT2D eigenvalue weighted by atomic mass is 10.1. The van der Waals surface area contributed by atoms with Gasteiger partial charge in [0.2, 0.25) is 15.9 Å². The molecule has 1 amide bonds. The monoisotopic (exact) mass is 416 g/mol. The highest BCUT2D eigenvalue weighted by Gasteiger charge is 2.22. The Balaban J connectivity index is 1.68. The second-order valence-electron chi connectivity index (χ2n) is 7.66. The molecule has 1 fully saturated rings. The zero-order valence-corrected chi connectivity index (χ0v) is 18.0. The lowest BCUT2D eigenvalue weighted by molar-refractivity contribution is -0.114. The minimum absolute atomic E-state index is 0.274. The van der Waals surface area contributed by atoms with Gasteiger partial charge in [-0.1, -0.05) is 12.1 Å². The Morgan fingerprint density at radius 2 is 1.76 bits per heavy atom. The van der Waals surface area contributed by atoms with Crippen molar-refractivity contribution in [3.63, 3.8) is 0 Å². The second-order valence-corrected chi connectivity index (χ2v) is 9.56. The van der Waals surface area contributed by atoms with Crippen molar-refractivity contribution in [1.29, 1.82) is 0 Å². The summed E-state index contributed by atoms with van der Waals surface area (Å²) in [5.74, 6) is 0.379. The van der Waals surface area contributed by atoms with Crippen LogP contribution in [0.15, 0.2) is 42.5 Å². The summed E-state index contributed by atoms with van der Waals surface area (Å²) in [6, 6.07) is 12.7. The lowest BCUT2D eigenvalue weighted by Crippen LogP contribution is -2.37. The SMILES string of the molecule is Cc1ccc(C)c(N(CC(=O)Nc2ccc(OC3CCCC3)cc2)S(C)(=O)=O)c1. The molecule has 0 bridgehead atoms. The van der Waals surface area contributed by atoms with Gasteiger partial charge in [-0.25, -0.2) is 8.42 Å². The highest BCUT2D eigenvalue weighted by atomic mass is 32.2.